The van der Waals surface area contributed by atoms with Crippen molar-refractivity contribution in [3.8, 4) is 0 Å². The van der Waals surface area contributed by atoms with Gasteiger partial charge in [-0.25, -0.2) is 4.98 Å². The highest BCUT2D eigenvalue weighted by atomic mass is 79.9. The lowest BCUT2D eigenvalue weighted by atomic mass is 10.3. The van der Waals surface area contributed by atoms with E-state index in [-0.39, 0.29) is 5.91 Å². The van der Waals surface area contributed by atoms with E-state index in [0.29, 0.717) is 12.5 Å². The molecular weight excluding hydrogens is 270 g/mol. The maximum absolute atomic E-state index is 11.5. The number of aromatic nitrogens is 1. The van der Waals surface area contributed by atoms with E-state index in [2.05, 4.69) is 31.5 Å². The molecule has 1 amide bonds. The van der Waals surface area contributed by atoms with Crippen molar-refractivity contribution in [1.82, 2.24) is 10.3 Å². The van der Waals surface area contributed by atoms with Gasteiger partial charge in [-0.2, -0.15) is 0 Å². The second kappa shape index (κ2) is 5.41. The fourth-order valence-corrected chi connectivity index (χ4v) is 1.59. The molecule has 1 aliphatic rings. The summed E-state index contributed by atoms with van der Waals surface area (Å²) in [6.07, 6.45) is 4.64. The van der Waals surface area contributed by atoms with Crippen molar-refractivity contribution in [1.29, 1.82) is 0 Å². The van der Waals surface area contributed by atoms with Crippen LogP contribution in [0.4, 0.5) is 5.69 Å². The van der Waals surface area contributed by atoms with E-state index in [1.807, 2.05) is 6.07 Å². The number of rotatable bonds is 5. The maximum Gasteiger partial charge on any atom is 0.225 e. The van der Waals surface area contributed by atoms with E-state index in [9.17, 15) is 4.79 Å². The van der Waals surface area contributed by atoms with Gasteiger partial charge < -0.3 is 10.6 Å². The summed E-state index contributed by atoms with van der Waals surface area (Å²) in [7, 11) is 0. The first kappa shape index (κ1) is 11.5. The van der Waals surface area contributed by atoms with Crippen LogP contribution in [0.2, 0.25) is 0 Å². The van der Waals surface area contributed by atoms with Crippen LogP contribution in [-0.2, 0) is 4.79 Å². The van der Waals surface area contributed by atoms with Crippen molar-refractivity contribution in [2.75, 3.05) is 11.9 Å². The van der Waals surface area contributed by atoms with Crippen LogP contribution >= 0.6 is 15.9 Å². The normalized spacial score (nSPS) is 14.8. The second-order valence-electron chi connectivity index (χ2n) is 3.90. The topological polar surface area (TPSA) is 54.0 Å². The van der Waals surface area contributed by atoms with Gasteiger partial charge in [0.2, 0.25) is 5.91 Å². The minimum absolute atomic E-state index is 0.0253. The molecule has 0 bridgehead atoms. The number of anilines is 1. The average molecular weight is 284 g/mol. The molecule has 1 aromatic heterocycles. The first-order chi connectivity index (χ1) is 7.74. The maximum atomic E-state index is 11.5. The minimum Gasteiger partial charge on any atom is -0.325 e. The number of nitrogens with zero attached hydrogens (tertiary/aromatic N) is 1. The van der Waals surface area contributed by atoms with Crippen molar-refractivity contribution in [3.63, 3.8) is 0 Å². The van der Waals surface area contributed by atoms with Gasteiger partial charge >= 0.3 is 0 Å². The van der Waals surface area contributed by atoms with Crippen molar-refractivity contribution in [2.24, 2.45) is 0 Å². The number of amides is 1. The molecule has 0 saturated heterocycles. The Morgan fingerprint density at radius 1 is 1.50 bits per heavy atom. The molecule has 86 valence electrons. The van der Waals surface area contributed by atoms with E-state index in [1.54, 1.807) is 12.3 Å². The third-order valence-electron chi connectivity index (χ3n) is 2.37. The fraction of sp³-hybridized carbons (Fsp3) is 0.455. The molecule has 0 spiro atoms. The third-order valence-corrected chi connectivity index (χ3v) is 2.84. The Balaban J connectivity index is 1.70. The Morgan fingerprint density at radius 2 is 2.31 bits per heavy atom. The molecule has 1 saturated carbocycles. The SMILES string of the molecule is O=C(CCNC1CC1)Nc1ccc(Br)nc1. The molecule has 0 radical (unpaired) electrons. The van der Waals surface area contributed by atoms with E-state index in [4.69, 9.17) is 0 Å². The highest BCUT2D eigenvalue weighted by molar-refractivity contribution is 9.10. The number of hydrogen-bond donors (Lipinski definition) is 2. The minimum atomic E-state index is 0.0253. The van der Waals surface area contributed by atoms with Crippen molar-refractivity contribution >= 4 is 27.5 Å². The summed E-state index contributed by atoms with van der Waals surface area (Å²) in [6, 6.07) is 4.28. The molecule has 16 heavy (non-hydrogen) atoms. The molecule has 0 unspecified atom stereocenters. The molecule has 1 fully saturated rings. The Hall–Kier alpha value is -0.940. The summed E-state index contributed by atoms with van der Waals surface area (Å²) in [6.45, 7) is 0.750. The number of halogens is 1. The van der Waals surface area contributed by atoms with Gasteiger partial charge in [0.15, 0.2) is 0 Å². The first-order valence-electron chi connectivity index (χ1n) is 5.39. The summed E-state index contributed by atoms with van der Waals surface area (Å²) in [5, 5.41) is 6.10. The number of pyridine rings is 1. The molecule has 1 aliphatic carbocycles. The molecule has 0 aliphatic heterocycles. The van der Waals surface area contributed by atoms with Crippen LogP contribution in [0, 0.1) is 0 Å². The zero-order valence-electron chi connectivity index (χ0n) is 8.87. The van der Waals surface area contributed by atoms with E-state index >= 15 is 0 Å². The Morgan fingerprint density at radius 3 is 2.94 bits per heavy atom. The van der Waals surface area contributed by atoms with Crippen LogP contribution in [-0.4, -0.2) is 23.5 Å². The Bertz CT molecular complexity index is 362. The average Bonchev–Trinajstić information content (AvgIpc) is 3.05. The largest absolute Gasteiger partial charge is 0.325 e. The van der Waals surface area contributed by atoms with Crippen LogP contribution in [0.3, 0.4) is 0 Å². The molecule has 1 heterocycles. The van der Waals surface area contributed by atoms with E-state index in [0.717, 1.165) is 16.8 Å². The van der Waals surface area contributed by atoms with Crippen LogP contribution in [0.25, 0.3) is 0 Å². The van der Waals surface area contributed by atoms with Crippen molar-refractivity contribution in [2.45, 2.75) is 25.3 Å². The molecule has 2 rings (SSSR count). The molecule has 5 heteroatoms. The number of hydrogen-bond acceptors (Lipinski definition) is 3. The first-order valence-corrected chi connectivity index (χ1v) is 6.18. The predicted molar refractivity (Wildman–Crippen MR) is 66.2 cm³/mol. The van der Waals surface area contributed by atoms with Crippen LogP contribution in [0.15, 0.2) is 22.9 Å². The zero-order chi connectivity index (χ0) is 11.4. The lowest BCUT2D eigenvalue weighted by Crippen LogP contribution is -2.23. The lowest BCUT2D eigenvalue weighted by molar-refractivity contribution is -0.116. The van der Waals surface area contributed by atoms with Gasteiger partial charge in [-0.3, -0.25) is 4.79 Å². The monoisotopic (exact) mass is 283 g/mol. The predicted octanol–water partition coefficient (Wildman–Crippen LogP) is 1.92. The summed E-state index contributed by atoms with van der Waals surface area (Å²) in [5.41, 5.74) is 0.736. The van der Waals surface area contributed by atoms with Gasteiger partial charge in [-0.15, -0.1) is 0 Å². The quantitative estimate of drug-likeness (QED) is 0.812. The van der Waals surface area contributed by atoms with E-state index < -0.39 is 0 Å². The van der Waals surface area contributed by atoms with Crippen molar-refractivity contribution in [3.05, 3.63) is 22.9 Å². The Kier molecular flexibility index (Phi) is 3.90. The molecule has 1 aromatic rings. The number of nitrogens with one attached hydrogen (secondary N) is 2. The highest BCUT2D eigenvalue weighted by Gasteiger charge is 2.19. The summed E-state index contributed by atoms with van der Waals surface area (Å²) in [5.74, 6) is 0.0253. The van der Waals surface area contributed by atoms with E-state index in [1.165, 1.54) is 12.8 Å². The summed E-state index contributed by atoms with van der Waals surface area (Å²) >= 11 is 3.24. The smallest absolute Gasteiger partial charge is 0.225 e. The molecule has 4 nitrogen and oxygen atoms in total. The number of carbonyl (C=O) groups is 1. The molecule has 0 atom stereocenters. The molecular formula is C11H14BrN3O. The summed E-state index contributed by atoms with van der Waals surface area (Å²) in [4.78, 5) is 15.5. The molecule has 2 N–H and O–H groups in total. The van der Waals surface area contributed by atoms with Crippen LogP contribution in [0.5, 0.6) is 0 Å². The van der Waals surface area contributed by atoms with Gasteiger partial charge in [0.05, 0.1) is 11.9 Å². The van der Waals surface area contributed by atoms with Gasteiger partial charge in [0.25, 0.3) is 0 Å². The van der Waals surface area contributed by atoms with Gasteiger partial charge in [-0.05, 0) is 40.9 Å². The van der Waals surface area contributed by atoms with Gasteiger partial charge in [0.1, 0.15) is 4.60 Å². The second-order valence-corrected chi connectivity index (χ2v) is 4.71. The zero-order valence-corrected chi connectivity index (χ0v) is 10.5. The van der Waals surface area contributed by atoms with Crippen LogP contribution < -0.4 is 10.6 Å². The van der Waals surface area contributed by atoms with Gasteiger partial charge in [-0.1, -0.05) is 0 Å². The third kappa shape index (κ3) is 3.90. The van der Waals surface area contributed by atoms with Crippen LogP contribution in [0.1, 0.15) is 19.3 Å². The fourth-order valence-electron chi connectivity index (χ4n) is 1.35. The van der Waals surface area contributed by atoms with Gasteiger partial charge in [0, 0.05) is 19.0 Å². The lowest BCUT2D eigenvalue weighted by Gasteiger charge is -2.05. The summed E-state index contributed by atoms with van der Waals surface area (Å²) < 4.78 is 0.765. The Labute approximate surface area is 103 Å². The number of carbonyl (C=O) groups excluding carboxylic acids is 1. The highest BCUT2D eigenvalue weighted by Crippen LogP contribution is 2.18. The standard InChI is InChI=1S/C11H14BrN3O/c12-10-4-3-9(7-14-10)15-11(16)5-6-13-8-1-2-8/h3-4,7-8,13H,1-2,5-6H2,(H,15,16). The van der Waals surface area contributed by atoms with Crippen molar-refractivity contribution < 1.29 is 4.79 Å². The molecule has 0 aromatic carbocycles.